The second-order valence-corrected chi connectivity index (χ2v) is 15.2. The van der Waals surface area contributed by atoms with E-state index in [1.807, 2.05) is 0 Å². The number of rotatable bonds is 5. The quantitative estimate of drug-likeness (QED) is 0.184. The summed E-state index contributed by atoms with van der Waals surface area (Å²) in [7, 11) is 0. The van der Waals surface area contributed by atoms with Gasteiger partial charge >= 0.3 is 0 Å². The van der Waals surface area contributed by atoms with Gasteiger partial charge in [0.1, 0.15) is 18.2 Å². The molecule has 1 aliphatic heterocycles. The lowest BCUT2D eigenvalue weighted by molar-refractivity contribution is 0.409. The zero-order valence-corrected chi connectivity index (χ0v) is 31.5. The third-order valence-corrected chi connectivity index (χ3v) is 11.9. The first kappa shape index (κ1) is 32.7. The van der Waals surface area contributed by atoms with E-state index in [9.17, 15) is 0 Å². The van der Waals surface area contributed by atoms with Crippen LogP contribution in [0.2, 0.25) is 0 Å². The van der Waals surface area contributed by atoms with Crippen LogP contribution in [0.25, 0.3) is 76.5 Å². The summed E-state index contributed by atoms with van der Waals surface area (Å²) in [5.41, 5.74) is 10.3. The van der Waals surface area contributed by atoms with Crippen molar-refractivity contribution in [3.05, 3.63) is 217 Å². The lowest BCUT2D eigenvalue weighted by atomic mass is 9.97. The number of nitrogens with one attached hydrogen (secondary N) is 2. The van der Waals surface area contributed by atoms with Crippen LogP contribution in [-0.4, -0.2) is 15.0 Å². The molecule has 0 aliphatic carbocycles. The number of fused-ring (bicyclic) bond motifs is 12. The molecule has 0 radical (unpaired) electrons. The lowest BCUT2D eigenvalue weighted by Crippen LogP contribution is -2.44. The fourth-order valence-corrected chi connectivity index (χ4v) is 9.44. The van der Waals surface area contributed by atoms with Gasteiger partial charge in [-0.3, -0.25) is 5.32 Å². The van der Waals surface area contributed by atoms with E-state index < -0.39 is 0 Å². The molecule has 0 amide bonds. The van der Waals surface area contributed by atoms with Crippen LogP contribution in [0.3, 0.4) is 0 Å². The molecular weight excluding hydrogens is 707 g/mol. The predicted octanol–water partition coefficient (Wildman–Crippen LogP) is 12.5. The maximum absolute atomic E-state index is 5.31. The van der Waals surface area contributed by atoms with Crippen molar-refractivity contribution in [3.8, 4) is 11.4 Å². The van der Waals surface area contributed by atoms with E-state index in [0.717, 1.165) is 39.4 Å². The summed E-state index contributed by atoms with van der Waals surface area (Å²) >= 11 is 0. The summed E-state index contributed by atoms with van der Waals surface area (Å²) in [5, 5.41) is 17.5. The Balaban J connectivity index is 1.17. The smallest absolute Gasteiger partial charge is 0.131 e. The minimum atomic E-state index is -0.215. The van der Waals surface area contributed by atoms with Gasteiger partial charge in [-0.15, -0.1) is 0 Å². The van der Waals surface area contributed by atoms with Crippen molar-refractivity contribution in [3.63, 3.8) is 0 Å². The number of aliphatic imine (C=N–C) groups is 1. The van der Waals surface area contributed by atoms with E-state index in [4.69, 9.17) is 4.99 Å². The summed E-state index contributed by atoms with van der Waals surface area (Å²) < 4.78 is 4.98. The maximum atomic E-state index is 5.31. The third-order valence-electron chi connectivity index (χ3n) is 11.9. The molecule has 1 aliphatic rings. The number of amidine groups is 1. The maximum Gasteiger partial charge on any atom is 0.131 e. The van der Waals surface area contributed by atoms with Crippen LogP contribution in [-0.2, 0) is 0 Å². The predicted molar refractivity (Wildman–Crippen MR) is 241 cm³/mol. The standard InChI is InChI=1S/C53H37N5/c1-4-18-35(19-5-1)51-54-52(36-20-6-2-7-21-36)56-53(55-51)37-22-16-25-39(33-37)58-44-30-15-14-29-43(44)48-49(58)42-28-13-12-27-41(42)47-46-40-26-11-10-17-34(40)31-32-45(46)57(50(47)48)38-23-8-3-9-24-38/h1-33,51-52,54H,(H,55,56). The Morgan fingerprint density at radius 3 is 1.83 bits per heavy atom. The number of hydrogen-bond acceptors (Lipinski definition) is 3. The first-order valence-electron chi connectivity index (χ1n) is 20.0. The highest BCUT2D eigenvalue weighted by molar-refractivity contribution is 6.39. The zero-order valence-electron chi connectivity index (χ0n) is 31.5. The van der Waals surface area contributed by atoms with Crippen LogP contribution in [0.4, 0.5) is 0 Å². The second kappa shape index (κ2) is 13.1. The highest BCUT2D eigenvalue weighted by atomic mass is 15.3. The first-order valence-corrected chi connectivity index (χ1v) is 20.0. The van der Waals surface area contributed by atoms with Gasteiger partial charge in [0.15, 0.2) is 0 Å². The van der Waals surface area contributed by atoms with Crippen molar-refractivity contribution in [2.75, 3.05) is 0 Å². The first-order chi connectivity index (χ1) is 28.8. The van der Waals surface area contributed by atoms with E-state index in [1.54, 1.807) is 0 Å². The summed E-state index contributed by atoms with van der Waals surface area (Å²) in [5.74, 6) is 0.854. The SMILES string of the molecule is c1ccc(C2N=C(c3cccc(-n4c5ccccc5c5c4c4ccccc4c4c6c7ccccc7ccc6n(-c6ccccc6)c45)c3)NC(c3ccccc3)N2)cc1. The van der Waals surface area contributed by atoms with Crippen LogP contribution in [0.5, 0.6) is 0 Å². The van der Waals surface area contributed by atoms with Gasteiger partial charge in [0.2, 0.25) is 0 Å². The van der Waals surface area contributed by atoms with Crippen LogP contribution >= 0.6 is 0 Å². The molecule has 58 heavy (non-hydrogen) atoms. The molecule has 0 saturated carbocycles. The molecule has 2 aromatic heterocycles. The normalized spacial score (nSPS) is 15.8. The molecule has 2 N–H and O–H groups in total. The van der Waals surface area contributed by atoms with Gasteiger partial charge in [0.05, 0.1) is 22.1 Å². The van der Waals surface area contributed by atoms with Crippen molar-refractivity contribution < 1.29 is 0 Å². The number of aromatic nitrogens is 2. The molecule has 9 aromatic carbocycles. The van der Waals surface area contributed by atoms with E-state index in [1.165, 1.54) is 59.6 Å². The Morgan fingerprint density at radius 1 is 0.414 bits per heavy atom. The second-order valence-electron chi connectivity index (χ2n) is 15.2. The van der Waals surface area contributed by atoms with Gasteiger partial charge in [0, 0.05) is 43.9 Å². The number of benzene rings is 9. The van der Waals surface area contributed by atoms with Gasteiger partial charge in [0.25, 0.3) is 0 Å². The molecule has 0 fully saturated rings. The Kier molecular flexibility index (Phi) is 7.37. The minimum absolute atomic E-state index is 0.121. The molecule has 12 rings (SSSR count). The van der Waals surface area contributed by atoms with Gasteiger partial charge < -0.3 is 14.5 Å². The van der Waals surface area contributed by atoms with Crippen LogP contribution in [0.15, 0.2) is 205 Å². The van der Waals surface area contributed by atoms with Crippen LogP contribution in [0.1, 0.15) is 29.0 Å². The van der Waals surface area contributed by atoms with E-state index >= 15 is 0 Å². The Bertz CT molecular complexity index is 3400. The molecule has 2 atom stereocenters. The van der Waals surface area contributed by atoms with Crippen molar-refractivity contribution in [1.82, 2.24) is 19.8 Å². The molecule has 5 heteroatoms. The van der Waals surface area contributed by atoms with Gasteiger partial charge in [-0.25, -0.2) is 4.99 Å². The Labute approximate surface area is 335 Å². The van der Waals surface area contributed by atoms with Crippen molar-refractivity contribution >= 4 is 71.0 Å². The molecule has 0 spiro atoms. The van der Waals surface area contributed by atoms with E-state index in [2.05, 4.69) is 220 Å². The Hall–Kier alpha value is -7.47. The third kappa shape index (κ3) is 4.97. The molecule has 0 bridgehead atoms. The Morgan fingerprint density at radius 2 is 1.03 bits per heavy atom. The zero-order chi connectivity index (χ0) is 38.2. The monoisotopic (exact) mass is 743 g/mol. The molecule has 0 saturated heterocycles. The fourth-order valence-electron chi connectivity index (χ4n) is 9.44. The molecule has 5 nitrogen and oxygen atoms in total. The average molecular weight is 744 g/mol. The van der Waals surface area contributed by atoms with Gasteiger partial charge in [-0.2, -0.15) is 0 Å². The summed E-state index contributed by atoms with van der Waals surface area (Å²) in [4.78, 5) is 5.31. The summed E-state index contributed by atoms with van der Waals surface area (Å²) in [6.07, 6.45) is -0.336. The number of hydrogen-bond donors (Lipinski definition) is 2. The van der Waals surface area contributed by atoms with Crippen LogP contribution < -0.4 is 10.6 Å². The molecule has 2 unspecified atom stereocenters. The highest BCUT2D eigenvalue weighted by Gasteiger charge is 2.28. The van der Waals surface area contributed by atoms with Gasteiger partial charge in [-0.05, 0) is 63.7 Å². The minimum Gasteiger partial charge on any atom is -0.350 e. The highest BCUT2D eigenvalue weighted by Crippen LogP contribution is 2.48. The molecule has 11 aromatic rings. The van der Waals surface area contributed by atoms with E-state index in [0.29, 0.717) is 0 Å². The topological polar surface area (TPSA) is 46.3 Å². The van der Waals surface area contributed by atoms with Crippen molar-refractivity contribution in [2.45, 2.75) is 12.3 Å². The summed E-state index contributed by atoms with van der Waals surface area (Å²) in [6.45, 7) is 0. The van der Waals surface area contributed by atoms with Crippen molar-refractivity contribution in [1.29, 1.82) is 0 Å². The van der Waals surface area contributed by atoms with Crippen molar-refractivity contribution in [2.24, 2.45) is 4.99 Å². The van der Waals surface area contributed by atoms with E-state index in [-0.39, 0.29) is 12.3 Å². The largest absolute Gasteiger partial charge is 0.350 e. The van der Waals surface area contributed by atoms with Crippen LogP contribution in [0, 0.1) is 0 Å². The average Bonchev–Trinajstić information content (AvgIpc) is 3.84. The summed E-state index contributed by atoms with van der Waals surface area (Å²) in [6, 6.07) is 72.1. The fraction of sp³-hybridized carbons (Fsp3) is 0.0377. The molecule has 3 heterocycles. The van der Waals surface area contributed by atoms with Gasteiger partial charge in [-0.1, -0.05) is 164 Å². The lowest BCUT2D eigenvalue weighted by Gasteiger charge is -2.32. The number of nitrogens with zero attached hydrogens (tertiary/aromatic N) is 3. The molecular formula is C53H37N5. The molecule has 274 valence electrons. The number of para-hydroxylation sites is 2.